The smallest absolute Gasteiger partial charge is 0.342 e. The largest absolute Gasteiger partial charge is 0.507 e. The summed E-state index contributed by atoms with van der Waals surface area (Å²) in [5.74, 6) is 0.240. The zero-order valence-corrected chi connectivity index (χ0v) is 17.1. The summed E-state index contributed by atoms with van der Waals surface area (Å²) >= 11 is 0. The monoisotopic (exact) mass is 376 g/mol. The first-order valence-electron chi connectivity index (χ1n) is 10.2. The quantitative estimate of drug-likeness (QED) is 0.478. The van der Waals surface area contributed by atoms with Gasteiger partial charge in [0.25, 0.3) is 0 Å². The van der Waals surface area contributed by atoms with Gasteiger partial charge < -0.3 is 14.9 Å². The number of phenolic OH excluding ortho intramolecular Hbond substituents is 1. The Morgan fingerprint density at radius 2 is 1.85 bits per heavy atom. The molecule has 0 spiro atoms. The third kappa shape index (κ3) is 10.2. The average Bonchev–Trinajstić information content (AvgIpc) is 2.63. The lowest BCUT2D eigenvalue weighted by molar-refractivity contribution is 0.0208. The Balaban J connectivity index is 0.000000293. The first-order chi connectivity index (χ1) is 12.9. The van der Waals surface area contributed by atoms with Crippen molar-refractivity contribution in [3.8, 4) is 5.75 Å². The summed E-state index contributed by atoms with van der Waals surface area (Å²) in [4.78, 5) is 11.8. The number of benzene rings is 1. The van der Waals surface area contributed by atoms with Crippen LogP contribution in [-0.4, -0.2) is 28.9 Å². The van der Waals surface area contributed by atoms with E-state index in [1.54, 1.807) is 18.2 Å². The summed E-state index contributed by atoms with van der Waals surface area (Å²) in [5, 5.41) is 18.1. The Bertz CT molecular complexity index is 569. The van der Waals surface area contributed by atoms with Gasteiger partial charge in [-0.25, -0.2) is 4.79 Å². The SMILES string of the molecule is CC(C)=CCCC(C)CCO.O=C(OC1CCCCC1)c1ccccc1O. The number of rotatable bonds is 7. The molecule has 1 atom stereocenters. The molecule has 1 saturated carbocycles. The molecule has 1 aromatic carbocycles. The van der Waals surface area contributed by atoms with Gasteiger partial charge in [-0.3, -0.25) is 0 Å². The van der Waals surface area contributed by atoms with Crippen LogP contribution in [0, 0.1) is 5.92 Å². The predicted molar refractivity (Wildman–Crippen MR) is 110 cm³/mol. The highest BCUT2D eigenvalue weighted by atomic mass is 16.5. The topological polar surface area (TPSA) is 66.8 Å². The number of hydrogen-bond donors (Lipinski definition) is 2. The minimum atomic E-state index is -0.412. The molecule has 0 aliphatic heterocycles. The summed E-state index contributed by atoms with van der Waals surface area (Å²) in [5.41, 5.74) is 1.65. The number of aliphatic hydroxyl groups is 1. The van der Waals surface area contributed by atoms with Crippen molar-refractivity contribution in [3.63, 3.8) is 0 Å². The standard InChI is InChI=1S/C13H16O3.C10H20O/c14-12-9-5-4-8-11(12)13(15)16-10-6-2-1-3-7-10;1-9(2)5-4-6-10(3)7-8-11/h4-5,8-10,14H,1-3,6-7H2;5,10-11H,4,6-8H2,1-3H3. The van der Waals surface area contributed by atoms with E-state index in [1.165, 1.54) is 24.5 Å². The van der Waals surface area contributed by atoms with Gasteiger partial charge in [0.2, 0.25) is 0 Å². The van der Waals surface area contributed by atoms with Crippen LogP contribution in [0.1, 0.15) is 82.5 Å². The summed E-state index contributed by atoms with van der Waals surface area (Å²) in [6.45, 7) is 6.76. The van der Waals surface area contributed by atoms with Gasteiger partial charge in [-0.1, -0.05) is 37.1 Å². The molecule has 0 saturated heterocycles. The van der Waals surface area contributed by atoms with Crippen molar-refractivity contribution >= 4 is 5.97 Å². The van der Waals surface area contributed by atoms with Crippen LogP contribution in [-0.2, 0) is 4.74 Å². The molecule has 1 fully saturated rings. The molecule has 0 radical (unpaired) electrons. The first-order valence-corrected chi connectivity index (χ1v) is 10.2. The number of carbonyl (C=O) groups excluding carboxylic acids is 1. The number of esters is 1. The Labute approximate surface area is 164 Å². The minimum absolute atomic E-state index is 0.0108. The van der Waals surface area contributed by atoms with E-state index in [9.17, 15) is 9.90 Å². The molecular weight excluding hydrogens is 340 g/mol. The zero-order valence-electron chi connectivity index (χ0n) is 17.1. The van der Waals surface area contributed by atoms with Crippen molar-refractivity contribution in [1.82, 2.24) is 0 Å². The summed E-state index contributed by atoms with van der Waals surface area (Å²) in [6.07, 6.45) is 10.9. The van der Waals surface area contributed by atoms with Crippen molar-refractivity contribution in [2.45, 2.75) is 78.2 Å². The van der Waals surface area contributed by atoms with E-state index in [4.69, 9.17) is 9.84 Å². The molecule has 0 aromatic heterocycles. The van der Waals surface area contributed by atoms with Gasteiger partial charge in [-0.2, -0.15) is 0 Å². The molecule has 1 aliphatic rings. The fraction of sp³-hybridized carbons (Fsp3) is 0.609. The van der Waals surface area contributed by atoms with Gasteiger partial charge in [-0.15, -0.1) is 0 Å². The number of phenols is 1. The highest BCUT2D eigenvalue weighted by Crippen LogP contribution is 2.23. The van der Waals surface area contributed by atoms with Crippen LogP contribution in [0.3, 0.4) is 0 Å². The first kappa shape index (κ1) is 23.2. The van der Waals surface area contributed by atoms with Crippen molar-refractivity contribution in [2.75, 3.05) is 6.61 Å². The van der Waals surface area contributed by atoms with E-state index in [0.717, 1.165) is 38.5 Å². The molecular formula is C23H36O4. The lowest BCUT2D eigenvalue weighted by Gasteiger charge is -2.21. The van der Waals surface area contributed by atoms with E-state index in [-0.39, 0.29) is 17.4 Å². The van der Waals surface area contributed by atoms with Gasteiger partial charge >= 0.3 is 5.97 Å². The molecule has 4 heteroatoms. The highest BCUT2D eigenvalue weighted by molar-refractivity contribution is 5.92. The number of aliphatic hydroxyl groups excluding tert-OH is 1. The molecule has 0 bridgehead atoms. The second-order valence-corrected chi connectivity index (χ2v) is 7.66. The molecule has 2 N–H and O–H groups in total. The fourth-order valence-electron chi connectivity index (χ4n) is 3.07. The average molecular weight is 377 g/mol. The maximum absolute atomic E-state index is 11.8. The maximum Gasteiger partial charge on any atom is 0.342 e. The summed E-state index contributed by atoms with van der Waals surface area (Å²) in [7, 11) is 0. The Hall–Kier alpha value is -1.81. The predicted octanol–water partition coefficient (Wildman–Crippen LogP) is 5.63. The van der Waals surface area contributed by atoms with Crippen molar-refractivity contribution < 1.29 is 19.7 Å². The molecule has 27 heavy (non-hydrogen) atoms. The van der Waals surface area contributed by atoms with Gasteiger partial charge in [0.1, 0.15) is 17.4 Å². The Morgan fingerprint density at radius 1 is 1.19 bits per heavy atom. The highest BCUT2D eigenvalue weighted by Gasteiger charge is 2.20. The van der Waals surface area contributed by atoms with Crippen LogP contribution in [0.2, 0.25) is 0 Å². The number of ether oxygens (including phenoxy) is 1. The van der Waals surface area contributed by atoms with Crippen LogP contribution in [0.4, 0.5) is 0 Å². The second kappa shape index (κ2) is 13.4. The van der Waals surface area contributed by atoms with Crippen LogP contribution in [0.5, 0.6) is 5.75 Å². The number of hydrogen-bond acceptors (Lipinski definition) is 4. The summed E-state index contributed by atoms with van der Waals surface area (Å²) < 4.78 is 5.36. The van der Waals surface area contributed by atoms with Crippen molar-refractivity contribution in [1.29, 1.82) is 0 Å². The number of para-hydroxylation sites is 1. The Kier molecular flexibility index (Phi) is 11.5. The molecule has 152 valence electrons. The third-order valence-electron chi connectivity index (χ3n) is 4.78. The minimum Gasteiger partial charge on any atom is -0.507 e. The number of aromatic hydroxyl groups is 1. The van der Waals surface area contributed by atoms with Crippen LogP contribution in [0.15, 0.2) is 35.9 Å². The van der Waals surface area contributed by atoms with E-state index in [1.807, 2.05) is 0 Å². The fourth-order valence-corrected chi connectivity index (χ4v) is 3.07. The van der Waals surface area contributed by atoms with Crippen molar-refractivity contribution in [2.24, 2.45) is 5.92 Å². The van der Waals surface area contributed by atoms with Crippen molar-refractivity contribution in [3.05, 3.63) is 41.5 Å². The van der Waals surface area contributed by atoms with Gasteiger partial charge in [-0.05, 0) is 76.8 Å². The summed E-state index contributed by atoms with van der Waals surface area (Å²) in [6, 6.07) is 6.49. The molecule has 4 nitrogen and oxygen atoms in total. The van der Waals surface area contributed by atoms with Gasteiger partial charge in [0.05, 0.1) is 0 Å². The number of allylic oxidation sites excluding steroid dienone is 2. The number of carbonyl (C=O) groups is 1. The van der Waals surface area contributed by atoms with Gasteiger partial charge in [0, 0.05) is 6.61 Å². The molecule has 1 aromatic rings. The van der Waals surface area contributed by atoms with Crippen LogP contribution >= 0.6 is 0 Å². The second-order valence-electron chi connectivity index (χ2n) is 7.66. The normalized spacial score (nSPS) is 15.3. The third-order valence-corrected chi connectivity index (χ3v) is 4.78. The van der Waals surface area contributed by atoms with E-state index < -0.39 is 5.97 Å². The Morgan fingerprint density at radius 3 is 2.44 bits per heavy atom. The van der Waals surface area contributed by atoms with E-state index in [0.29, 0.717) is 12.5 Å². The van der Waals surface area contributed by atoms with Crippen LogP contribution < -0.4 is 0 Å². The molecule has 0 amide bonds. The van der Waals surface area contributed by atoms with Gasteiger partial charge in [0.15, 0.2) is 0 Å². The molecule has 0 heterocycles. The molecule has 1 unspecified atom stereocenters. The van der Waals surface area contributed by atoms with Crippen LogP contribution in [0.25, 0.3) is 0 Å². The molecule has 1 aliphatic carbocycles. The lowest BCUT2D eigenvalue weighted by atomic mass is 9.98. The van der Waals surface area contributed by atoms with E-state index >= 15 is 0 Å². The zero-order chi connectivity index (χ0) is 20.1. The van der Waals surface area contributed by atoms with E-state index in [2.05, 4.69) is 26.8 Å². The maximum atomic E-state index is 11.8. The lowest BCUT2D eigenvalue weighted by Crippen LogP contribution is -2.20. The molecule has 2 rings (SSSR count).